The van der Waals surface area contributed by atoms with Gasteiger partial charge in [0.25, 0.3) is 0 Å². The van der Waals surface area contributed by atoms with Crippen LogP contribution in [0.25, 0.3) is 0 Å². The van der Waals surface area contributed by atoms with Crippen LogP contribution in [0.2, 0.25) is 0 Å². The zero-order chi connectivity index (χ0) is 27.3. The molecule has 1 saturated heterocycles. The van der Waals surface area contributed by atoms with Crippen LogP contribution in [0.1, 0.15) is 29.5 Å². The lowest BCUT2D eigenvalue weighted by molar-refractivity contribution is 0.0865. The standard InChI is InChI=1S/C29H33BrN6O2/c1-22(30)19-34-35(3)28(33-20-24-11-9-23(18-31)10-12-24)17-27(32-2)26-13-15-36(16-14-26)29(37)38-21-25-7-5-4-6-8-25/h4-12,17,19,26,33H,1,13-16,20-21H2,2-3H3/b28-17-,32-27+,34-19-. The summed E-state index contributed by atoms with van der Waals surface area (Å²) in [5, 5.41) is 18.7. The zero-order valence-electron chi connectivity index (χ0n) is 21.8. The van der Waals surface area contributed by atoms with Gasteiger partial charge in [-0.1, -0.05) is 49.0 Å². The van der Waals surface area contributed by atoms with Crippen molar-refractivity contribution in [3.63, 3.8) is 0 Å². The number of piperidine rings is 1. The highest BCUT2D eigenvalue weighted by Crippen LogP contribution is 2.21. The first-order valence-corrected chi connectivity index (χ1v) is 13.2. The number of ether oxygens (including phenoxy) is 1. The monoisotopic (exact) mass is 576 g/mol. The molecular weight excluding hydrogens is 544 g/mol. The fourth-order valence-electron chi connectivity index (χ4n) is 4.03. The molecule has 3 rings (SSSR count). The molecule has 1 aliphatic rings. The van der Waals surface area contributed by atoms with Gasteiger partial charge in [-0.15, -0.1) is 0 Å². The molecule has 0 aliphatic carbocycles. The maximum absolute atomic E-state index is 12.6. The molecule has 9 heteroatoms. The molecule has 0 unspecified atom stereocenters. The quantitative estimate of drug-likeness (QED) is 0.300. The molecule has 38 heavy (non-hydrogen) atoms. The molecule has 0 radical (unpaired) electrons. The number of aliphatic imine (C=N–C) groups is 1. The van der Waals surface area contributed by atoms with E-state index in [4.69, 9.17) is 10.00 Å². The fraction of sp³-hybridized carbons (Fsp3) is 0.310. The average molecular weight is 578 g/mol. The SMILES string of the molecule is C=C(Br)/C=N\N(C)/C(=C\C(=N/C)C1CCN(C(=O)OCc2ccccc2)CC1)NCc1ccc(C#N)cc1. The van der Waals surface area contributed by atoms with Gasteiger partial charge in [-0.25, -0.2) is 4.79 Å². The van der Waals surface area contributed by atoms with Crippen molar-refractivity contribution in [2.45, 2.75) is 26.0 Å². The van der Waals surface area contributed by atoms with Gasteiger partial charge in [0.1, 0.15) is 12.4 Å². The van der Waals surface area contributed by atoms with E-state index in [1.807, 2.05) is 55.6 Å². The number of likely N-dealkylation sites (tertiary alicyclic amines) is 1. The highest BCUT2D eigenvalue weighted by atomic mass is 79.9. The molecule has 1 amide bonds. The van der Waals surface area contributed by atoms with Gasteiger partial charge in [0.15, 0.2) is 0 Å². The number of hydrazone groups is 1. The number of hydrogen-bond donors (Lipinski definition) is 1. The van der Waals surface area contributed by atoms with Crippen molar-refractivity contribution in [2.24, 2.45) is 16.0 Å². The molecule has 2 aromatic carbocycles. The topological polar surface area (TPSA) is 93.3 Å². The third-order valence-corrected chi connectivity index (χ3v) is 6.40. The lowest BCUT2D eigenvalue weighted by Crippen LogP contribution is -2.40. The Hall–Kier alpha value is -3.90. The van der Waals surface area contributed by atoms with Crippen molar-refractivity contribution in [1.29, 1.82) is 5.26 Å². The van der Waals surface area contributed by atoms with Crippen molar-refractivity contribution in [3.8, 4) is 6.07 Å². The number of halogens is 1. The van der Waals surface area contributed by atoms with Crippen LogP contribution >= 0.6 is 15.9 Å². The molecule has 0 atom stereocenters. The number of carbonyl (C=O) groups is 1. The summed E-state index contributed by atoms with van der Waals surface area (Å²) in [6.45, 7) is 5.84. The fourth-order valence-corrected chi connectivity index (χ4v) is 4.13. The highest BCUT2D eigenvalue weighted by molar-refractivity contribution is 9.12. The average Bonchev–Trinajstić information content (AvgIpc) is 2.95. The van der Waals surface area contributed by atoms with Crippen LogP contribution in [-0.4, -0.2) is 55.1 Å². The number of hydrogen-bond acceptors (Lipinski definition) is 7. The molecule has 0 saturated carbocycles. The van der Waals surface area contributed by atoms with E-state index < -0.39 is 0 Å². The minimum Gasteiger partial charge on any atom is -0.445 e. The van der Waals surface area contributed by atoms with Gasteiger partial charge in [0.05, 0.1) is 17.8 Å². The highest BCUT2D eigenvalue weighted by Gasteiger charge is 2.26. The first-order valence-electron chi connectivity index (χ1n) is 12.4. The number of rotatable bonds is 10. The number of benzene rings is 2. The van der Waals surface area contributed by atoms with Gasteiger partial charge in [-0.3, -0.25) is 10.0 Å². The Labute approximate surface area is 233 Å². The summed E-state index contributed by atoms with van der Waals surface area (Å²) < 4.78 is 6.16. The Bertz CT molecular complexity index is 1210. The van der Waals surface area contributed by atoms with Crippen LogP contribution < -0.4 is 5.32 Å². The lowest BCUT2D eigenvalue weighted by atomic mass is 9.91. The summed E-state index contributed by atoms with van der Waals surface area (Å²) >= 11 is 3.31. The van der Waals surface area contributed by atoms with Crippen LogP contribution in [0, 0.1) is 17.2 Å². The molecular formula is C29H33BrN6O2. The van der Waals surface area contributed by atoms with E-state index in [-0.39, 0.29) is 18.6 Å². The van der Waals surface area contributed by atoms with Gasteiger partial charge >= 0.3 is 6.09 Å². The summed E-state index contributed by atoms with van der Waals surface area (Å²) in [6.07, 6.45) is 4.92. The first kappa shape index (κ1) is 28.7. The van der Waals surface area contributed by atoms with E-state index in [2.05, 4.69) is 44.0 Å². The summed E-state index contributed by atoms with van der Waals surface area (Å²) in [6, 6.07) is 19.3. The zero-order valence-corrected chi connectivity index (χ0v) is 23.4. The minimum absolute atomic E-state index is 0.202. The van der Waals surface area contributed by atoms with Crippen LogP contribution in [0.15, 0.2) is 87.6 Å². The molecule has 2 aromatic rings. The molecule has 1 aliphatic heterocycles. The number of allylic oxidation sites excluding steroid dienone is 2. The Kier molecular flexibility index (Phi) is 11.1. The number of nitrogens with one attached hydrogen (secondary N) is 1. The van der Waals surface area contributed by atoms with Crippen LogP contribution in [0.4, 0.5) is 4.79 Å². The molecule has 1 N–H and O–H groups in total. The second-order valence-corrected chi connectivity index (χ2v) is 9.88. The third-order valence-electron chi connectivity index (χ3n) is 6.20. The molecule has 0 spiro atoms. The van der Waals surface area contributed by atoms with Crippen molar-refractivity contribution >= 4 is 33.9 Å². The van der Waals surface area contributed by atoms with E-state index in [0.29, 0.717) is 29.7 Å². The van der Waals surface area contributed by atoms with Crippen molar-refractivity contribution in [2.75, 3.05) is 27.2 Å². The molecule has 0 bridgehead atoms. The van der Waals surface area contributed by atoms with E-state index in [0.717, 1.165) is 35.5 Å². The second-order valence-electron chi connectivity index (χ2n) is 8.86. The van der Waals surface area contributed by atoms with Gasteiger partial charge in [-0.05, 0) is 52.0 Å². The van der Waals surface area contributed by atoms with Crippen LogP contribution in [0.3, 0.4) is 0 Å². The van der Waals surface area contributed by atoms with E-state index in [1.54, 1.807) is 35.3 Å². The van der Waals surface area contributed by atoms with Crippen molar-refractivity contribution < 1.29 is 9.53 Å². The molecule has 0 aromatic heterocycles. The van der Waals surface area contributed by atoms with Gasteiger partial charge < -0.3 is 15.0 Å². The number of amides is 1. The second kappa shape index (κ2) is 14.7. The smallest absolute Gasteiger partial charge is 0.410 e. The predicted molar refractivity (Wildman–Crippen MR) is 155 cm³/mol. The number of nitrogens with zero attached hydrogens (tertiary/aromatic N) is 5. The summed E-state index contributed by atoms with van der Waals surface area (Å²) in [5.41, 5.74) is 3.56. The summed E-state index contributed by atoms with van der Waals surface area (Å²) in [7, 11) is 3.64. The molecule has 1 fully saturated rings. The van der Waals surface area contributed by atoms with Crippen LogP contribution in [0.5, 0.6) is 0 Å². The maximum atomic E-state index is 12.6. The first-order chi connectivity index (χ1) is 18.4. The largest absolute Gasteiger partial charge is 0.445 e. The summed E-state index contributed by atoms with van der Waals surface area (Å²) in [4.78, 5) is 18.9. The molecule has 198 valence electrons. The molecule has 8 nitrogen and oxygen atoms in total. The third kappa shape index (κ3) is 8.89. The van der Waals surface area contributed by atoms with E-state index in [1.165, 1.54) is 0 Å². The van der Waals surface area contributed by atoms with Crippen molar-refractivity contribution in [1.82, 2.24) is 15.2 Å². The van der Waals surface area contributed by atoms with Crippen LogP contribution in [-0.2, 0) is 17.9 Å². The maximum Gasteiger partial charge on any atom is 0.410 e. The van der Waals surface area contributed by atoms with Crippen molar-refractivity contribution in [3.05, 3.63) is 94.2 Å². The van der Waals surface area contributed by atoms with E-state index >= 15 is 0 Å². The Morgan fingerprint density at radius 1 is 1.21 bits per heavy atom. The van der Waals surface area contributed by atoms with Gasteiger partial charge in [0, 0.05) is 55.9 Å². The molecule has 1 heterocycles. The number of nitriles is 1. The summed E-state index contributed by atoms with van der Waals surface area (Å²) in [5.74, 6) is 0.970. The Balaban J connectivity index is 1.64. The normalized spacial score (nSPS) is 14.7. The predicted octanol–water partition coefficient (Wildman–Crippen LogP) is 5.44. The Morgan fingerprint density at radius 3 is 2.50 bits per heavy atom. The Morgan fingerprint density at radius 2 is 1.89 bits per heavy atom. The van der Waals surface area contributed by atoms with Gasteiger partial charge in [-0.2, -0.15) is 10.4 Å². The van der Waals surface area contributed by atoms with Gasteiger partial charge in [0.2, 0.25) is 0 Å². The number of carbonyl (C=O) groups excluding carboxylic acids is 1. The van der Waals surface area contributed by atoms with E-state index in [9.17, 15) is 4.79 Å². The minimum atomic E-state index is -0.285. The lowest BCUT2D eigenvalue weighted by Gasteiger charge is -2.31.